The van der Waals surface area contributed by atoms with Crippen molar-refractivity contribution in [2.75, 3.05) is 25.1 Å². The molecule has 1 saturated carbocycles. The molecule has 7 heteroatoms. The standard InChI is InChI=1S/C22H28N4O2S/c1-27-15-21-23-24-22(29-21)25-12-9-17(10-13-25)28-20-8-4-7-19-18(20)11-14-26(19)16-5-2-3-6-16/h4,7-8,11,14,16-17H,2-3,5-6,9-10,12-13,15H2,1H3. The highest BCUT2D eigenvalue weighted by atomic mass is 32.1. The maximum Gasteiger partial charge on any atom is 0.208 e. The number of nitrogens with zero attached hydrogens (tertiary/aromatic N) is 4. The first-order chi connectivity index (χ1) is 14.3. The molecule has 0 radical (unpaired) electrons. The molecule has 1 aliphatic heterocycles. The smallest absolute Gasteiger partial charge is 0.208 e. The zero-order valence-electron chi connectivity index (χ0n) is 16.9. The van der Waals surface area contributed by atoms with Crippen LogP contribution < -0.4 is 9.64 Å². The maximum absolute atomic E-state index is 6.48. The second kappa shape index (κ2) is 8.32. The number of piperidine rings is 1. The predicted octanol–water partition coefficient (Wildman–Crippen LogP) is 4.80. The Morgan fingerprint density at radius 2 is 1.90 bits per heavy atom. The molecule has 29 heavy (non-hydrogen) atoms. The van der Waals surface area contributed by atoms with Crippen LogP contribution in [-0.2, 0) is 11.3 Å². The molecule has 6 nitrogen and oxygen atoms in total. The number of anilines is 1. The fourth-order valence-corrected chi connectivity index (χ4v) is 5.53. The Morgan fingerprint density at radius 3 is 2.69 bits per heavy atom. The lowest BCUT2D eigenvalue weighted by atomic mass is 10.1. The summed E-state index contributed by atoms with van der Waals surface area (Å²) in [7, 11) is 1.69. The van der Waals surface area contributed by atoms with Gasteiger partial charge in [0.25, 0.3) is 0 Å². The summed E-state index contributed by atoms with van der Waals surface area (Å²) in [6, 6.07) is 9.37. The molecule has 3 heterocycles. The lowest BCUT2D eigenvalue weighted by Crippen LogP contribution is -2.38. The van der Waals surface area contributed by atoms with Gasteiger partial charge in [0.15, 0.2) is 0 Å². The van der Waals surface area contributed by atoms with Crippen molar-refractivity contribution in [3.8, 4) is 5.75 Å². The summed E-state index contributed by atoms with van der Waals surface area (Å²) < 4.78 is 14.1. The summed E-state index contributed by atoms with van der Waals surface area (Å²) in [6.07, 6.45) is 9.79. The van der Waals surface area contributed by atoms with Gasteiger partial charge < -0.3 is 18.9 Å². The van der Waals surface area contributed by atoms with E-state index in [1.807, 2.05) is 0 Å². The van der Waals surface area contributed by atoms with Gasteiger partial charge in [-0.05, 0) is 31.0 Å². The maximum atomic E-state index is 6.48. The van der Waals surface area contributed by atoms with Crippen molar-refractivity contribution in [1.82, 2.24) is 14.8 Å². The van der Waals surface area contributed by atoms with Crippen LogP contribution in [0.3, 0.4) is 0 Å². The normalized spacial score (nSPS) is 18.7. The first-order valence-corrected chi connectivity index (χ1v) is 11.5. The summed E-state index contributed by atoms with van der Waals surface area (Å²) in [5.41, 5.74) is 1.31. The highest BCUT2D eigenvalue weighted by molar-refractivity contribution is 7.15. The summed E-state index contributed by atoms with van der Waals surface area (Å²) in [4.78, 5) is 2.31. The van der Waals surface area contributed by atoms with Gasteiger partial charge >= 0.3 is 0 Å². The average molecular weight is 413 g/mol. The number of ether oxygens (including phenoxy) is 2. The van der Waals surface area contributed by atoms with Crippen LogP contribution in [-0.4, -0.2) is 41.1 Å². The summed E-state index contributed by atoms with van der Waals surface area (Å²) in [5.74, 6) is 1.02. The van der Waals surface area contributed by atoms with Crippen LogP contribution in [0.15, 0.2) is 30.5 Å². The number of hydrogen-bond donors (Lipinski definition) is 0. The Balaban J connectivity index is 1.25. The van der Waals surface area contributed by atoms with Gasteiger partial charge in [0.05, 0.1) is 5.52 Å². The van der Waals surface area contributed by atoms with Crippen molar-refractivity contribution in [3.05, 3.63) is 35.5 Å². The van der Waals surface area contributed by atoms with E-state index in [4.69, 9.17) is 9.47 Å². The minimum absolute atomic E-state index is 0.248. The van der Waals surface area contributed by atoms with Gasteiger partial charge in [0, 0.05) is 50.7 Å². The minimum Gasteiger partial charge on any atom is -0.490 e. The van der Waals surface area contributed by atoms with Crippen LogP contribution in [0.2, 0.25) is 0 Å². The van der Waals surface area contributed by atoms with E-state index in [9.17, 15) is 0 Å². The Hall–Kier alpha value is -2.12. The molecule has 3 aromatic rings. The predicted molar refractivity (Wildman–Crippen MR) is 116 cm³/mol. The largest absolute Gasteiger partial charge is 0.490 e. The van der Waals surface area contributed by atoms with Crippen LogP contribution >= 0.6 is 11.3 Å². The van der Waals surface area contributed by atoms with E-state index in [1.54, 1.807) is 18.4 Å². The van der Waals surface area contributed by atoms with E-state index in [-0.39, 0.29) is 6.10 Å². The molecule has 0 bridgehead atoms. The molecule has 5 rings (SSSR count). The Labute approximate surface area is 175 Å². The lowest BCUT2D eigenvalue weighted by Gasteiger charge is -2.31. The van der Waals surface area contributed by atoms with E-state index in [0.29, 0.717) is 12.6 Å². The second-order valence-corrected chi connectivity index (χ2v) is 9.11. The summed E-state index contributed by atoms with van der Waals surface area (Å²) in [6.45, 7) is 2.43. The van der Waals surface area contributed by atoms with Gasteiger partial charge in [-0.2, -0.15) is 0 Å². The van der Waals surface area contributed by atoms with Crippen molar-refractivity contribution in [2.45, 2.75) is 57.3 Å². The van der Waals surface area contributed by atoms with E-state index in [0.717, 1.165) is 41.8 Å². The zero-order valence-corrected chi connectivity index (χ0v) is 17.7. The third-order valence-electron chi connectivity index (χ3n) is 6.17. The number of fused-ring (bicyclic) bond motifs is 1. The van der Waals surface area contributed by atoms with Crippen LogP contribution in [0.1, 0.15) is 49.6 Å². The molecule has 1 saturated heterocycles. The molecule has 0 spiro atoms. The molecule has 2 fully saturated rings. The topological polar surface area (TPSA) is 52.4 Å². The highest BCUT2D eigenvalue weighted by Crippen LogP contribution is 2.36. The zero-order chi connectivity index (χ0) is 19.6. The lowest BCUT2D eigenvalue weighted by molar-refractivity contribution is 0.173. The molecular weight excluding hydrogens is 384 g/mol. The molecular formula is C22H28N4O2S. The van der Waals surface area contributed by atoms with Crippen LogP contribution in [0, 0.1) is 0 Å². The van der Waals surface area contributed by atoms with Crippen molar-refractivity contribution < 1.29 is 9.47 Å². The first kappa shape index (κ1) is 18.9. The third-order valence-corrected chi connectivity index (χ3v) is 7.13. The fourth-order valence-electron chi connectivity index (χ4n) is 4.66. The van der Waals surface area contributed by atoms with E-state index in [2.05, 4.69) is 50.1 Å². The van der Waals surface area contributed by atoms with E-state index >= 15 is 0 Å². The molecule has 0 atom stereocenters. The SMILES string of the molecule is COCc1nnc(N2CCC(Oc3cccc4c3ccn4C3CCCC3)CC2)s1. The molecule has 1 aliphatic carbocycles. The van der Waals surface area contributed by atoms with Crippen LogP contribution in [0.5, 0.6) is 5.75 Å². The molecule has 0 unspecified atom stereocenters. The van der Waals surface area contributed by atoms with Crippen LogP contribution in [0.25, 0.3) is 10.9 Å². The minimum atomic E-state index is 0.248. The average Bonchev–Trinajstić information content (AvgIpc) is 3.49. The molecule has 2 aliphatic rings. The van der Waals surface area contributed by atoms with Gasteiger partial charge in [-0.3, -0.25) is 0 Å². The van der Waals surface area contributed by atoms with Crippen LogP contribution in [0.4, 0.5) is 5.13 Å². The third kappa shape index (κ3) is 3.85. The van der Waals surface area contributed by atoms with E-state index in [1.165, 1.54) is 36.6 Å². The Bertz CT molecular complexity index is 955. The van der Waals surface area contributed by atoms with Gasteiger partial charge in [-0.15, -0.1) is 10.2 Å². The molecule has 0 amide bonds. The van der Waals surface area contributed by atoms with Gasteiger partial charge in [0.1, 0.15) is 23.5 Å². The number of hydrogen-bond acceptors (Lipinski definition) is 6. The number of rotatable bonds is 6. The van der Waals surface area contributed by atoms with Crippen molar-refractivity contribution in [2.24, 2.45) is 0 Å². The number of methoxy groups -OCH3 is 1. The summed E-state index contributed by atoms with van der Waals surface area (Å²) >= 11 is 1.62. The molecule has 154 valence electrons. The van der Waals surface area contributed by atoms with Gasteiger partial charge in [-0.25, -0.2) is 0 Å². The van der Waals surface area contributed by atoms with E-state index < -0.39 is 0 Å². The summed E-state index contributed by atoms with van der Waals surface area (Å²) in [5, 5.41) is 11.7. The monoisotopic (exact) mass is 412 g/mol. The van der Waals surface area contributed by atoms with Gasteiger partial charge in [-0.1, -0.05) is 30.2 Å². The first-order valence-electron chi connectivity index (χ1n) is 10.6. The highest BCUT2D eigenvalue weighted by Gasteiger charge is 2.24. The number of benzene rings is 1. The fraction of sp³-hybridized carbons (Fsp3) is 0.545. The van der Waals surface area contributed by atoms with Gasteiger partial charge in [0.2, 0.25) is 5.13 Å². The number of aromatic nitrogens is 3. The second-order valence-electron chi connectivity index (χ2n) is 8.07. The quantitative estimate of drug-likeness (QED) is 0.582. The Kier molecular flexibility index (Phi) is 5.42. The molecule has 1 aromatic carbocycles. The molecule has 2 aromatic heterocycles. The van der Waals surface area contributed by atoms with Crippen molar-refractivity contribution >= 4 is 27.4 Å². The van der Waals surface area contributed by atoms with Crippen molar-refractivity contribution in [3.63, 3.8) is 0 Å². The Morgan fingerprint density at radius 1 is 1.07 bits per heavy atom. The van der Waals surface area contributed by atoms with Crippen molar-refractivity contribution in [1.29, 1.82) is 0 Å². The molecule has 0 N–H and O–H groups in total.